The minimum absolute atomic E-state index is 0.119. The van der Waals surface area contributed by atoms with Gasteiger partial charge in [-0.2, -0.15) is 5.26 Å². The fraction of sp³-hybridized carbons (Fsp3) is 0.304. The normalized spacial score (nSPS) is 14.9. The Kier molecular flexibility index (Phi) is 6.33. The Morgan fingerprint density at radius 2 is 1.64 bits per heavy atom. The fourth-order valence-corrected chi connectivity index (χ4v) is 3.61. The number of hydrogen-bond acceptors (Lipinski definition) is 4. The van der Waals surface area contributed by atoms with Crippen molar-refractivity contribution in [2.45, 2.75) is 38.1 Å². The molecule has 3 rings (SSSR count). The van der Waals surface area contributed by atoms with Gasteiger partial charge in [0.15, 0.2) is 0 Å². The number of para-hydroxylation sites is 1. The Labute approximate surface area is 166 Å². The van der Waals surface area contributed by atoms with Crippen molar-refractivity contribution >= 4 is 23.0 Å². The van der Waals surface area contributed by atoms with E-state index in [-0.39, 0.29) is 17.5 Å². The van der Waals surface area contributed by atoms with Crippen LogP contribution in [0.3, 0.4) is 0 Å². The number of carbonyl (C=O) groups excluding carboxylic acids is 1. The Hall–Kier alpha value is -3.26. The number of amides is 1. The molecule has 144 valence electrons. The van der Waals surface area contributed by atoms with E-state index in [9.17, 15) is 10.1 Å². The molecule has 0 bridgehead atoms. The van der Waals surface area contributed by atoms with Crippen LogP contribution in [0.2, 0.25) is 0 Å². The second-order valence-electron chi connectivity index (χ2n) is 7.16. The van der Waals surface area contributed by atoms with E-state index in [0.29, 0.717) is 5.69 Å². The van der Waals surface area contributed by atoms with Gasteiger partial charge in [-0.3, -0.25) is 4.79 Å². The standard InChI is InChI=1S/C23H26N4O/c1-26(20-8-4-2-5-9-20)23(28)18(16-24)17-27(21-10-6-3-7-11-21)22-14-12-19(25)13-15-22/h3,6-7,10-15,17,20H,2,4-5,8-9,25H2,1H3/b18-17-. The largest absolute Gasteiger partial charge is 0.399 e. The zero-order chi connectivity index (χ0) is 19.9. The maximum atomic E-state index is 13.0. The Morgan fingerprint density at radius 1 is 1.04 bits per heavy atom. The summed E-state index contributed by atoms with van der Waals surface area (Å²) in [5.41, 5.74) is 8.30. The van der Waals surface area contributed by atoms with Crippen molar-refractivity contribution in [2.75, 3.05) is 17.7 Å². The quantitative estimate of drug-likeness (QED) is 0.471. The van der Waals surface area contributed by atoms with Gasteiger partial charge in [-0.25, -0.2) is 0 Å². The number of rotatable bonds is 5. The van der Waals surface area contributed by atoms with E-state index in [1.807, 2.05) is 47.4 Å². The van der Waals surface area contributed by atoms with Crippen LogP contribution in [0.25, 0.3) is 0 Å². The number of anilines is 3. The van der Waals surface area contributed by atoms with Crippen LogP contribution in [0.4, 0.5) is 17.1 Å². The van der Waals surface area contributed by atoms with Crippen LogP contribution in [-0.2, 0) is 4.79 Å². The molecule has 0 aliphatic heterocycles. The number of benzene rings is 2. The number of likely N-dealkylation sites (N-methyl/N-ethyl adjacent to an activating group) is 1. The van der Waals surface area contributed by atoms with Gasteiger partial charge in [0, 0.05) is 36.4 Å². The minimum atomic E-state index is -0.231. The first-order valence-electron chi connectivity index (χ1n) is 9.69. The van der Waals surface area contributed by atoms with Crippen LogP contribution in [0.1, 0.15) is 32.1 Å². The highest BCUT2D eigenvalue weighted by atomic mass is 16.2. The van der Waals surface area contributed by atoms with Gasteiger partial charge in [0.2, 0.25) is 0 Å². The molecule has 5 nitrogen and oxygen atoms in total. The molecular weight excluding hydrogens is 348 g/mol. The van der Waals surface area contributed by atoms with Gasteiger partial charge in [0.25, 0.3) is 5.91 Å². The lowest BCUT2D eigenvalue weighted by atomic mass is 9.94. The van der Waals surface area contributed by atoms with Crippen molar-refractivity contribution in [3.05, 3.63) is 66.4 Å². The zero-order valence-electron chi connectivity index (χ0n) is 16.2. The summed E-state index contributed by atoms with van der Waals surface area (Å²) in [6.07, 6.45) is 7.12. The molecular formula is C23H26N4O. The third-order valence-electron chi connectivity index (χ3n) is 5.26. The number of hydrogen-bond donors (Lipinski definition) is 1. The average molecular weight is 374 g/mol. The lowest BCUT2D eigenvalue weighted by Crippen LogP contribution is -2.39. The summed E-state index contributed by atoms with van der Waals surface area (Å²) in [5, 5.41) is 9.72. The van der Waals surface area contributed by atoms with E-state index in [0.717, 1.165) is 37.1 Å². The second-order valence-corrected chi connectivity index (χ2v) is 7.16. The summed E-state index contributed by atoms with van der Waals surface area (Å²) >= 11 is 0. The maximum absolute atomic E-state index is 13.0. The molecule has 1 aliphatic carbocycles. The first-order valence-corrected chi connectivity index (χ1v) is 9.69. The zero-order valence-corrected chi connectivity index (χ0v) is 16.2. The number of nitrogens with zero attached hydrogens (tertiary/aromatic N) is 3. The molecule has 0 unspecified atom stereocenters. The average Bonchev–Trinajstić information content (AvgIpc) is 2.76. The molecule has 2 N–H and O–H groups in total. The highest BCUT2D eigenvalue weighted by molar-refractivity contribution is 5.98. The van der Waals surface area contributed by atoms with E-state index >= 15 is 0 Å². The molecule has 2 aromatic rings. The first-order chi connectivity index (χ1) is 13.6. The fourth-order valence-electron chi connectivity index (χ4n) is 3.61. The predicted molar refractivity (Wildman–Crippen MR) is 113 cm³/mol. The summed E-state index contributed by atoms with van der Waals surface area (Å²) in [4.78, 5) is 16.6. The lowest BCUT2D eigenvalue weighted by molar-refractivity contribution is -0.128. The Bertz CT molecular complexity index is 862. The molecule has 0 radical (unpaired) electrons. The van der Waals surface area contributed by atoms with E-state index in [1.165, 1.54) is 6.42 Å². The highest BCUT2D eigenvalue weighted by Crippen LogP contribution is 2.28. The highest BCUT2D eigenvalue weighted by Gasteiger charge is 2.25. The van der Waals surface area contributed by atoms with Gasteiger partial charge >= 0.3 is 0 Å². The molecule has 28 heavy (non-hydrogen) atoms. The number of carbonyl (C=O) groups is 1. The van der Waals surface area contributed by atoms with Gasteiger partial charge in [-0.1, -0.05) is 37.5 Å². The van der Waals surface area contributed by atoms with Gasteiger partial charge in [0.1, 0.15) is 11.6 Å². The predicted octanol–water partition coefficient (Wildman–Crippen LogP) is 4.61. The molecule has 5 heteroatoms. The topological polar surface area (TPSA) is 73.4 Å². The van der Waals surface area contributed by atoms with Crippen molar-refractivity contribution in [3.63, 3.8) is 0 Å². The molecule has 0 atom stereocenters. The minimum Gasteiger partial charge on any atom is -0.399 e. The Morgan fingerprint density at radius 3 is 2.25 bits per heavy atom. The van der Waals surface area contributed by atoms with Crippen LogP contribution in [0, 0.1) is 11.3 Å². The van der Waals surface area contributed by atoms with E-state index in [4.69, 9.17) is 5.73 Å². The number of nitrogen functional groups attached to an aromatic ring is 1. The molecule has 2 aromatic carbocycles. The van der Waals surface area contributed by atoms with E-state index < -0.39 is 0 Å². The van der Waals surface area contributed by atoms with E-state index in [2.05, 4.69) is 6.07 Å². The molecule has 0 spiro atoms. The third kappa shape index (κ3) is 4.52. The summed E-state index contributed by atoms with van der Waals surface area (Å²) in [5.74, 6) is -0.231. The van der Waals surface area contributed by atoms with Gasteiger partial charge < -0.3 is 15.5 Å². The SMILES string of the molecule is CN(C(=O)/C(C#N)=C\N(c1ccccc1)c1ccc(N)cc1)C1CCCCC1. The summed E-state index contributed by atoms with van der Waals surface area (Å²) < 4.78 is 0. The van der Waals surface area contributed by atoms with Crippen molar-refractivity contribution in [1.29, 1.82) is 5.26 Å². The molecule has 1 saturated carbocycles. The van der Waals surface area contributed by atoms with Crippen molar-refractivity contribution in [1.82, 2.24) is 4.90 Å². The molecule has 1 amide bonds. The van der Waals surface area contributed by atoms with Crippen LogP contribution in [0.5, 0.6) is 0 Å². The van der Waals surface area contributed by atoms with Gasteiger partial charge in [-0.15, -0.1) is 0 Å². The van der Waals surface area contributed by atoms with Crippen LogP contribution in [0.15, 0.2) is 66.4 Å². The molecule has 1 aliphatic rings. The Balaban J connectivity index is 1.93. The van der Waals surface area contributed by atoms with E-state index in [1.54, 1.807) is 30.3 Å². The maximum Gasteiger partial charge on any atom is 0.266 e. The summed E-state index contributed by atoms with van der Waals surface area (Å²) in [7, 11) is 1.81. The first kappa shape index (κ1) is 19.5. The van der Waals surface area contributed by atoms with Crippen molar-refractivity contribution in [2.24, 2.45) is 0 Å². The van der Waals surface area contributed by atoms with Gasteiger partial charge in [0.05, 0.1) is 0 Å². The van der Waals surface area contributed by atoms with Crippen LogP contribution < -0.4 is 10.6 Å². The van der Waals surface area contributed by atoms with Crippen molar-refractivity contribution < 1.29 is 4.79 Å². The second kappa shape index (κ2) is 9.09. The monoisotopic (exact) mass is 374 g/mol. The van der Waals surface area contributed by atoms with Crippen LogP contribution in [-0.4, -0.2) is 23.9 Å². The lowest BCUT2D eigenvalue weighted by Gasteiger charge is -2.31. The molecule has 1 fully saturated rings. The van der Waals surface area contributed by atoms with Gasteiger partial charge in [-0.05, 0) is 49.2 Å². The summed E-state index contributed by atoms with van der Waals surface area (Å²) in [6.45, 7) is 0. The summed E-state index contributed by atoms with van der Waals surface area (Å²) in [6, 6.07) is 19.4. The third-order valence-corrected chi connectivity index (χ3v) is 5.26. The smallest absolute Gasteiger partial charge is 0.266 e. The van der Waals surface area contributed by atoms with Crippen LogP contribution >= 0.6 is 0 Å². The molecule has 0 aromatic heterocycles. The number of nitriles is 1. The molecule has 0 saturated heterocycles. The van der Waals surface area contributed by atoms with Crippen molar-refractivity contribution in [3.8, 4) is 6.07 Å². The molecule has 0 heterocycles. The number of nitrogens with two attached hydrogens (primary N) is 1.